The molecule has 1 aromatic carbocycles. The lowest BCUT2D eigenvalue weighted by Crippen LogP contribution is -2.19. The maximum atomic E-state index is 12.3. The Bertz CT molecular complexity index is 734. The molecule has 0 saturated heterocycles. The molecule has 1 aliphatic rings. The third-order valence-electron chi connectivity index (χ3n) is 6.19. The summed E-state index contributed by atoms with van der Waals surface area (Å²) >= 11 is 5.85. The van der Waals surface area contributed by atoms with Crippen LogP contribution in [-0.2, 0) is 9.59 Å². The first-order valence-corrected chi connectivity index (χ1v) is 12.4. The Balaban J connectivity index is 1.66. The highest BCUT2D eigenvalue weighted by Gasteiger charge is 2.39. The van der Waals surface area contributed by atoms with E-state index in [2.05, 4.69) is 12.2 Å². The van der Waals surface area contributed by atoms with Gasteiger partial charge in [-0.15, -0.1) is 0 Å². The number of hydrogen-bond donors (Lipinski definition) is 3. The molecule has 1 amide bonds. The van der Waals surface area contributed by atoms with Crippen LogP contribution >= 0.6 is 11.6 Å². The second-order valence-corrected chi connectivity index (χ2v) is 9.31. The molecule has 0 bridgehead atoms. The standard InChI is InChI=1S/C26H38ClNO4/c1-2-3-6-9-21(29)16-17-23-22(24(30)18-25(23)31)10-7-4-5-8-11-26(32)28-20-14-12-19(27)13-15-20/h12-17,21-23,25,29,31H,2-11,18H2,1H3,(H,28,32)/b17-16+/t21-,22+,23+,25+/m0/s1. The number of hydrogen-bond acceptors (Lipinski definition) is 4. The third kappa shape index (κ3) is 9.43. The Hall–Kier alpha value is -1.69. The van der Waals surface area contributed by atoms with E-state index in [0.29, 0.717) is 11.4 Å². The highest BCUT2D eigenvalue weighted by molar-refractivity contribution is 6.30. The minimum atomic E-state index is -0.650. The van der Waals surface area contributed by atoms with Gasteiger partial charge in [-0.1, -0.05) is 69.2 Å². The zero-order chi connectivity index (χ0) is 23.3. The van der Waals surface area contributed by atoms with Gasteiger partial charge in [0.2, 0.25) is 5.91 Å². The van der Waals surface area contributed by atoms with E-state index in [1.807, 2.05) is 6.08 Å². The Morgan fingerprint density at radius 2 is 1.88 bits per heavy atom. The molecule has 0 spiro atoms. The molecule has 1 saturated carbocycles. The monoisotopic (exact) mass is 463 g/mol. The summed E-state index contributed by atoms with van der Waals surface area (Å²) < 4.78 is 0. The fourth-order valence-electron chi connectivity index (χ4n) is 4.31. The molecule has 5 nitrogen and oxygen atoms in total. The Morgan fingerprint density at radius 1 is 1.16 bits per heavy atom. The molecule has 1 aliphatic carbocycles. The number of anilines is 1. The zero-order valence-corrected chi connectivity index (χ0v) is 19.9. The molecule has 0 radical (unpaired) electrons. The van der Waals surface area contributed by atoms with Crippen molar-refractivity contribution in [1.29, 1.82) is 0 Å². The number of aliphatic hydroxyl groups is 2. The molecular weight excluding hydrogens is 426 g/mol. The van der Waals surface area contributed by atoms with Crippen LogP contribution in [0, 0.1) is 11.8 Å². The summed E-state index contributed by atoms with van der Waals surface area (Å²) in [6.45, 7) is 2.13. The van der Waals surface area contributed by atoms with Crippen LogP contribution in [-0.4, -0.2) is 34.1 Å². The van der Waals surface area contributed by atoms with Crippen molar-refractivity contribution in [2.24, 2.45) is 11.8 Å². The van der Waals surface area contributed by atoms with Crippen LogP contribution in [0.25, 0.3) is 0 Å². The van der Waals surface area contributed by atoms with Gasteiger partial charge in [-0.2, -0.15) is 0 Å². The van der Waals surface area contributed by atoms with Crippen LogP contribution in [0.5, 0.6) is 0 Å². The molecule has 0 aromatic heterocycles. The first-order valence-electron chi connectivity index (χ1n) is 12.0. The number of amides is 1. The Morgan fingerprint density at radius 3 is 2.59 bits per heavy atom. The topological polar surface area (TPSA) is 86.6 Å². The maximum Gasteiger partial charge on any atom is 0.224 e. The lowest BCUT2D eigenvalue weighted by Gasteiger charge is -2.18. The van der Waals surface area contributed by atoms with E-state index in [0.717, 1.165) is 63.5 Å². The van der Waals surface area contributed by atoms with Crippen LogP contribution in [0.1, 0.15) is 77.6 Å². The van der Waals surface area contributed by atoms with Gasteiger partial charge in [-0.25, -0.2) is 0 Å². The molecular formula is C26H38ClNO4. The minimum absolute atomic E-state index is 0.0101. The predicted octanol–water partition coefficient (Wildman–Crippen LogP) is 5.68. The molecule has 0 heterocycles. The molecule has 1 aromatic rings. The zero-order valence-electron chi connectivity index (χ0n) is 19.1. The number of ketones is 1. The molecule has 2 rings (SSSR count). The lowest BCUT2D eigenvalue weighted by molar-refractivity contribution is -0.121. The molecule has 178 valence electrons. The molecule has 0 aliphatic heterocycles. The fraction of sp³-hybridized carbons (Fsp3) is 0.615. The second-order valence-electron chi connectivity index (χ2n) is 8.88. The van der Waals surface area contributed by atoms with E-state index in [1.165, 1.54) is 0 Å². The largest absolute Gasteiger partial charge is 0.392 e. The SMILES string of the molecule is CCCCC[C@H](O)/C=C/[C@H]1[C@H](O)CC(=O)[C@@H]1CCCCCCC(=O)Nc1ccc(Cl)cc1. The average Bonchev–Trinajstić information content (AvgIpc) is 3.03. The third-order valence-corrected chi connectivity index (χ3v) is 6.44. The van der Waals surface area contributed by atoms with E-state index >= 15 is 0 Å². The average molecular weight is 464 g/mol. The van der Waals surface area contributed by atoms with Crippen molar-refractivity contribution in [3.63, 3.8) is 0 Å². The van der Waals surface area contributed by atoms with Crippen molar-refractivity contribution >= 4 is 29.0 Å². The number of nitrogens with one attached hydrogen (secondary N) is 1. The first-order chi connectivity index (χ1) is 15.4. The Kier molecular flexibility index (Phi) is 12.0. The van der Waals surface area contributed by atoms with E-state index < -0.39 is 12.2 Å². The van der Waals surface area contributed by atoms with Crippen molar-refractivity contribution in [1.82, 2.24) is 0 Å². The van der Waals surface area contributed by atoms with Gasteiger partial charge in [0.15, 0.2) is 0 Å². The number of carbonyl (C=O) groups is 2. The summed E-state index contributed by atoms with van der Waals surface area (Å²) in [5, 5.41) is 23.9. The van der Waals surface area contributed by atoms with Crippen LogP contribution in [0.4, 0.5) is 5.69 Å². The highest BCUT2D eigenvalue weighted by atomic mass is 35.5. The van der Waals surface area contributed by atoms with Crippen molar-refractivity contribution < 1.29 is 19.8 Å². The number of rotatable bonds is 14. The molecule has 3 N–H and O–H groups in total. The lowest BCUT2D eigenvalue weighted by atomic mass is 9.88. The highest BCUT2D eigenvalue weighted by Crippen LogP contribution is 2.34. The number of benzene rings is 1. The normalized spacial score (nSPS) is 21.9. The van der Waals surface area contributed by atoms with Gasteiger partial charge < -0.3 is 15.5 Å². The van der Waals surface area contributed by atoms with Crippen molar-refractivity contribution in [2.75, 3.05) is 5.32 Å². The van der Waals surface area contributed by atoms with Gasteiger partial charge in [0.1, 0.15) is 5.78 Å². The van der Waals surface area contributed by atoms with Crippen molar-refractivity contribution in [2.45, 2.75) is 89.8 Å². The van der Waals surface area contributed by atoms with E-state index in [4.69, 9.17) is 11.6 Å². The van der Waals surface area contributed by atoms with Crippen LogP contribution in [0.3, 0.4) is 0 Å². The smallest absolute Gasteiger partial charge is 0.224 e. The summed E-state index contributed by atoms with van der Waals surface area (Å²) in [7, 11) is 0. The van der Waals surface area contributed by atoms with E-state index in [1.54, 1.807) is 30.3 Å². The number of Topliss-reactive ketones (excluding diaryl/α,β-unsaturated/α-hetero) is 1. The molecule has 32 heavy (non-hydrogen) atoms. The van der Waals surface area contributed by atoms with Crippen LogP contribution < -0.4 is 5.32 Å². The van der Waals surface area contributed by atoms with Crippen LogP contribution in [0.15, 0.2) is 36.4 Å². The van der Waals surface area contributed by atoms with E-state index in [-0.39, 0.29) is 29.9 Å². The maximum absolute atomic E-state index is 12.3. The van der Waals surface area contributed by atoms with Crippen molar-refractivity contribution in [3.8, 4) is 0 Å². The van der Waals surface area contributed by atoms with Gasteiger partial charge in [0, 0.05) is 35.4 Å². The minimum Gasteiger partial charge on any atom is -0.392 e. The molecule has 0 unspecified atom stereocenters. The molecule has 4 atom stereocenters. The number of aliphatic hydroxyl groups excluding tert-OH is 2. The van der Waals surface area contributed by atoms with Crippen LogP contribution in [0.2, 0.25) is 5.02 Å². The number of unbranched alkanes of at least 4 members (excludes halogenated alkanes) is 5. The van der Waals surface area contributed by atoms with Gasteiger partial charge in [0.05, 0.1) is 12.2 Å². The predicted molar refractivity (Wildman–Crippen MR) is 130 cm³/mol. The van der Waals surface area contributed by atoms with Gasteiger partial charge >= 0.3 is 0 Å². The quantitative estimate of drug-likeness (QED) is 0.244. The Labute approximate surface area is 197 Å². The molecule has 1 fully saturated rings. The van der Waals surface area contributed by atoms with Crippen molar-refractivity contribution in [3.05, 3.63) is 41.4 Å². The summed E-state index contributed by atoms with van der Waals surface area (Å²) in [5.74, 6) is -0.259. The van der Waals surface area contributed by atoms with E-state index in [9.17, 15) is 19.8 Å². The summed E-state index contributed by atoms with van der Waals surface area (Å²) in [6, 6.07) is 7.05. The number of halogens is 1. The van der Waals surface area contributed by atoms with Gasteiger partial charge in [0.25, 0.3) is 0 Å². The summed E-state index contributed by atoms with van der Waals surface area (Å²) in [5.41, 5.74) is 0.743. The molecule has 6 heteroatoms. The van der Waals surface area contributed by atoms with Gasteiger partial charge in [-0.3, -0.25) is 9.59 Å². The van der Waals surface area contributed by atoms with Gasteiger partial charge in [-0.05, 0) is 43.5 Å². The fourth-order valence-corrected chi connectivity index (χ4v) is 4.43. The first kappa shape index (κ1) is 26.6. The second kappa shape index (κ2) is 14.5. The number of carbonyl (C=O) groups excluding carboxylic acids is 2. The summed E-state index contributed by atoms with van der Waals surface area (Å²) in [4.78, 5) is 24.4. The summed E-state index contributed by atoms with van der Waals surface area (Å²) in [6.07, 6.45) is 11.3.